The van der Waals surface area contributed by atoms with Gasteiger partial charge in [0, 0.05) is 16.2 Å². The molecule has 0 amide bonds. The number of aryl methyl sites for hydroxylation is 1. The summed E-state index contributed by atoms with van der Waals surface area (Å²) < 4.78 is 5.76. The van der Waals surface area contributed by atoms with Gasteiger partial charge in [0.15, 0.2) is 0 Å². The zero-order valence-corrected chi connectivity index (χ0v) is 14.2. The van der Waals surface area contributed by atoms with E-state index in [0.29, 0.717) is 6.42 Å². The van der Waals surface area contributed by atoms with Crippen molar-refractivity contribution >= 4 is 11.3 Å². The molecule has 0 aliphatic carbocycles. The van der Waals surface area contributed by atoms with Crippen molar-refractivity contribution in [3.05, 3.63) is 51.2 Å². The van der Waals surface area contributed by atoms with Crippen molar-refractivity contribution in [3.8, 4) is 5.75 Å². The van der Waals surface area contributed by atoms with Gasteiger partial charge in [-0.1, -0.05) is 12.1 Å². The van der Waals surface area contributed by atoms with Crippen molar-refractivity contribution in [2.24, 2.45) is 0 Å². The number of phenolic OH excluding ortho intramolecular Hbond substituents is 1. The third-order valence-corrected chi connectivity index (χ3v) is 5.62. The van der Waals surface area contributed by atoms with E-state index in [0.717, 1.165) is 16.9 Å². The number of aliphatic hydroxyl groups excluding tert-OH is 3. The number of aromatic hydroxyl groups is 1. The maximum Gasteiger partial charge on any atom is 0.115 e. The molecule has 5 nitrogen and oxygen atoms in total. The lowest BCUT2D eigenvalue weighted by molar-refractivity contribution is -0.180. The van der Waals surface area contributed by atoms with Crippen LogP contribution in [0.2, 0.25) is 0 Å². The van der Waals surface area contributed by atoms with Gasteiger partial charge in [-0.2, -0.15) is 0 Å². The second-order valence-electron chi connectivity index (χ2n) is 6.21. The number of hydrogen-bond acceptors (Lipinski definition) is 6. The molecule has 2 heterocycles. The van der Waals surface area contributed by atoms with Crippen LogP contribution >= 0.6 is 11.3 Å². The van der Waals surface area contributed by atoms with Crippen molar-refractivity contribution in [1.82, 2.24) is 0 Å². The van der Waals surface area contributed by atoms with Crippen molar-refractivity contribution in [2.45, 2.75) is 44.2 Å². The first-order chi connectivity index (χ1) is 11.5. The number of thiophene rings is 1. The fraction of sp³-hybridized carbons (Fsp3) is 0.444. The summed E-state index contributed by atoms with van der Waals surface area (Å²) >= 11 is 1.61. The molecule has 0 saturated carbocycles. The Balaban J connectivity index is 1.77. The summed E-state index contributed by atoms with van der Waals surface area (Å²) in [6.45, 7) is 1.72. The Morgan fingerprint density at radius 3 is 2.58 bits per heavy atom. The van der Waals surface area contributed by atoms with E-state index in [1.165, 1.54) is 10.4 Å². The third kappa shape index (κ3) is 3.63. The molecule has 1 aromatic carbocycles. The molecule has 4 N–H and O–H groups in total. The summed E-state index contributed by atoms with van der Waals surface area (Å²) in [6.07, 6.45) is -1.97. The standard InChI is InChI=1S/C18H22O5S/c1-10-12(6-11-2-4-13(20)5-3-11)7-17(24-10)15-8-14(21)18(22)16(9-19)23-15/h2-5,7,14-16,18-22H,6,8-9H2,1H3. The van der Waals surface area contributed by atoms with Crippen LogP contribution in [0, 0.1) is 6.92 Å². The first-order valence-electron chi connectivity index (χ1n) is 7.97. The number of benzene rings is 1. The average molecular weight is 350 g/mol. The summed E-state index contributed by atoms with van der Waals surface area (Å²) in [5.74, 6) is 0.250. The average Bonchev–Trinajstić information content (AvgIpc) is 2.93. The van der Waals surface area contributed by atoms with Crippen molar-refractivity contribution in [2.75, 3.05) is 6.61 Å². The van der Waals surface area contributed by atoms with Gasteiger partial charge in [-0.3, -0.25) is 0 Å². The lowest BCUT2D eigenvalue weighted by atomic mass is 9.96. The Hall–Kier alpha value is -1.44. The molecule has 0 spiro atoms. The highest BCUT2D eigenvalue weighted by molar-refractivity contribution is 7.12. The molecule has 4 unspecified atom stereocenters. The Morgan fingerprint density at radius 1 is 1.21 bits per heavy atom. The molecule has 3 rings (SSSR count). The monoisotopic (exact) mass is 350 g/mol. The van der Waals surface area contributed by atoms with Crippen LogP contribution in [-0.4, -0.2) is 45.3 Å². The van der Waals surface area contributed by atoms with Gasteiger partial charge in [0.2, 0.25) is 0 Å². The van der Waals surface area contributed by atoms with E-state index in [4.69, 9.17) is 4.74 Å². The molecule has 1 fully saturated rings. The number of aliphatic hydroxyl groups is 3. The van der Waals surface area contributed by atoms with E-state index in [1.807, 2.05) is 19.1 Å². The summed E-state index contributed by atoms with van der Waals surface area (Å²) in [5.41, 5.74) is 2.28. The molecule has 24 heavy (non-hydrogen) atoms. The van der Waals surface area contributed by atoms with E-state index in [1.54, 1.807) is 23.5 Å². The molecule has 1 aliphatic rings. The molecule has 4 atom stereocenters. The van der Waals surface area contributed by atoms with E-state index in [9.17, 15) is 20.4 Å². The normalized spacial score (nSPS) is 27.3. The van der Waals surface area contributed by atoms with Crippen molar-refractivity contribution in [3.63, 3.8) is 0 Å². The fourth-order valence-electron chi connectivity index (χ4n) is 3.00. The maximum absolute atomic E-state index is 9.99. The second kappa shape index (κ2) is 7.21. The van der Waals surface area contributed by atoms with Crippen LogP contribution in [0.25, 0.3) is 0 Å². The molecular weight excluding hydrogens is 328 g/mol. The van der Waals surface area contributed by atoms with Crippen LogP contribution in [-0.2, 0) is 11.2 Å². The Kier molecular flexibility index (Phi) is 5.22. The second-order valence-corrected chi connectivity index (χ2v) is 7.50. The lowest BCUT2D eigenvalue weighted by Crippen LogP contribution is -2.47. The van der Waals surface area contributed by atoms with Gasteiger partial charge in [0.25, 0.3) is 0 Å². The minimum absolute atomic E-state index is 0.250. The number of ether oxygens (including phenoxy) is 1. The van der Waals surface area contributed by atoms with Gasteiger partial charge < -0.3 is 25.2 Å². The predicted molar refractivity (Wildman–Crippen MR) is 91.3 cm³/mol. The summed E-state index contributed by atoms with van der Waals surface area (Å²) in [6, 6.07) is 9.20. The maximum atomic E-state index is 9.99. The van der Waals surface area contributed by atoms with Gasteiger partial charge in [0.05, 0.1) is 18.8 Å². The van der Waals surface area contributed by atoms with E-state index in [-0.39, 0.29) is 18.5 Å². The molecule has 0 bridgehead atoms. The first-order valence-corrected chi connectivity index (χ1v) is 8.79. The molecule has 0 radical (unpaired) electrons. The Bertz CT molecular complexity index is 681. The van der Waals surface area contributed by atoms with E-state index < -0.39 is 18.3 Å². The minimum Gasteiger partial charge on any atom is -0.508 e. The Labute approximate surface area is 144 Å². The van der Waals surface area contributed by atoms with Crippen LogP contribution in [0.15, 0.2) is 30.3 Å². The minimum atomic E-state index is -1.05. The third-order valence-electron chi connectivity index (χ3n) is 4.44. The number of phenols is 1. The highest BCUT2D eigenvalue weighted by Crippen LogP contribution is 2.37. The van der Waals surface area contributed by atoms with Crippen LogP contribution in [0.1, 0.15) is 33.4 Å². The number of hydrogen-bond donors (Lipinski definition) is 4. The smallest absolute Gasteiger partial charge is 0.115 e. The van der Waals surface area contributed by atoms with Crippen LogP contribution in [0.4, 0.5) is 0 Å². The summed E-state index contributed by atoms with van der Waals surface area (Å²) in [4.78, 5) is 2.16. The Morgan fingerprint density at radius 2 is 1.92 bits per heavy atom. The van der Waals surface area contributed by atoms with Gasteiger partial charge in [-0.25, -0.2) is 0 Å². The zero-order chi connectivity index (χ0) is 17.3. The quantitative estimate of drug-likeness (QED) is 0.676. The van der Waals surface area contributed by atoms with Crippen molar-refractivity contribution < 1.29 is 25.2 Å². The van der Waals surface area contributed by atoms with Crippen LogP contribution in [0.5, 0.6) is 5.75 Å². The fourth-order valence-corrected chi connectivity index (χ4v) is 4.10. The van der Waals surface area contributed by atoms with E-state index in [2.05, 4.69) is 6.07 Å². The predicted octanol–water partition coefficient (Wildman–Crippen LogP) is 1.90. The molecule has 2 aromatic rings. The molecule has 130 valence electrons. The van der Waals surface area contributed by atoms with E-state index >= 15 is 0 Å². The molecule has 1 aromatic heterocycles. The number of rotatable bonds is 4. The zero-order valence-electron chi connectivity index (χ0n) is 13.4. The molecular formula is C18H22O5S. The largest absolute Gasteiger partial charge is 0.508 e. The summed E-state index contributed by atoms with van der Waals surface area (Å²) in [5, 5.41) is 38.5. The topological polar surface area (TPSA) is 90.2 Å². The SMILES string of the molecule is Cc1sc(C2CC(O)C(O)C(CO)O2)cc1Cc1ccc(O)cc1. The van der Waals surface area contributed by atoms with Crippen LogP contribution < -0.4 is 0 Å². The first kappa shape index (κ1) is 17.4. The molecule has 1 saturated heterocycles. The van der Waals surface area contributed by atoms with Crippen LogP contribution in [0.3, 0.4) is 0 Å². The van der Waals surface area contributed by atoms with Crippen molar-refractivity contribution in [1.29, 1.82) is 0 Å². The molecule has 1 aliphatic heterocycles. The summed E-state index contributed by atoms with van der Waals surface area (Å²) in [7, 11) is 0. The highest BCUT2D eigenvalue weighted by atomic mass is 32.1. The molecule has 6 heteroatoms. The highest BCUT2D eigenvalue weighted by Gasteiger charge is 2.37. The van der Waals surface area contributed by atoms with Gasteiger partial charge in [-0.15, -0.1) is 11.3 Å². The van der Waals surface area contributed by atoms with Gasteiger partial charge in [0.1, 0.15) is 18.0 Å². The van der Waals surface area contributed by atoms with Gasteiger partial charge in [-0.05, 0) is 42.7 Å². The van der Waals surface area contributed by atoms with Gasteiger partial charge >= 0.3 is 0 Å². The lowest BCUT2D eigenvalue weighted by Gasteiger charge is -2.36.